The molecule has 0 fully saturated rings. The van der Waals surface area contributed by atoms with E-state index >= 15 is 0 Å². The van der Waals surface area contributed by atoms with Crippen LogP contribution in [0.4, 0.5) is 5.69 Å². The first-order chi connectivity index (χ1) is 8.93. The number of hydrogen-bond donors (Lipinski definition) is 1. The summed E-state index contributed by atoms with van der Waals surface area (Å²) in [6.45, 7) is 9.22. The van der Waals surface area contributed by atoms with Crippen LogP contribution in [0.2, 0.25) is 0 Å². The zero-order valence-electron chi connectivity index (χ0n) is 11.6. The van der Waals surface area contributed by atoms with Crippen LogP contribution in [0.5, 0.6) is 5.75 Å². The zero-order chi connectivity index (χ0) is 14.4. The number of hydrogen-bond acceptors (Lipinski definition) is 3. The van der Waals surface area contributed by atoms with Gasteiger partial charge < -0.3 is 10.1 Å². The van der Waals surface area contributed by atoms with Crippen LogP contribution >= 0.6 is 0 Å². The fourth-order valence-electron chi connectivity index (χ4n) is 1.41. The number of ether oxygens (including phenoxy) is 1. The molecule has 19 heavy (non-hydrogen) atoms. The molecule has 1 aromatic carbocycles. The second-order valence-electron chi connectivity index (χ2n) is 4.41. The highest BCUT2D eigenvalue weighted by molar-refractivity contribution is 5.98. The molecule has 1 amide bonds. The fraction of sp³-hybridized carbons (Fsp3) is 0.333. The lowest BCUT2D eigenvalue weighted by atomic mass is 10.1. The van der Waals surface area contributed by atoms with Crippen molar-refractivity contribution in [1.29, 1.82) is 0 Å². The molecule has 0 atom stereocenters. The number of carbonyl (C=O) groups excluding carboxylic acids is 2. The number of nitrogens with one attached hydrogen (secondary N) is 1. The zero-order valence-corrected chi connectivity index (χ0v) is 11.6. The van der Waals surface area contributed by atoms with E-state index in [1.54, 1.807) is 25.1 Å². The lowest BCUT2D eigenvalue weighted by Crippen LogP contribution is -2.12. The first-order valence-corrected chi connectivity index (χ1v) is 6.16. The molecule has 0 aliphatic rings. The lowest BCUT2D eigenvalue weighted by Gasteiger charge is -2.13. The molecule has 0 bridgehead atoms. The van der Waals surface area contributed by atoms with Gasteiger partial charge in [0, 0.05) is 12.0 Å². The van der Waals surface area contributed by atoms with Gasteiger partial charge in [0.1, 0.15) is 12.4 Å². The van der Waals surface area contributed by atoms with Crippen LogP contribution in [0.1, 0.15) is 37.6 Å². The van der Waals surface area contributed by atoms with Crippen molar-refractivity contribution < 1.29 is 14.3 Å². The molecule has 0 aliphatic carbocycles. The third kappa shape index (κ3) is 4.58. The van der Waals surface area contributed by atoms with E-state index in [-0.39, 0.29) is 11.7 Å². The van der Waals surface area contributed by atoms with E-state index in [1.165, 1.54) is 6.92 Å². The molecule has 0 aliphatic heterocycles. The predicted molar refractivity (Wildman–Crippen MR) is 75.7 cm³/mol. The molecule has 1 rings (SSSR count). The van der Waals surface area contributed by atoms with Crippen molar-refractivity contribution in [3.05, 3.63) is 35.9 Å². The normalized spacial score (nSPS) is 9.84. The number of Topliss-reactive ketones (excluding diaryl/α,β-unsaturated/α-hetero) is 1. The van der Waals surface area contributed by atoms with Gasteiger partial charge >= 0.3 is 0 Å². The number of carbonyl (C=O) groups is 2. The Morgan fingerprint density at radius 3 is 2.53 bits per heavy atom. The Hall–Kier alpha value is -2.10. The maximum absolute atomic E-state index is 11.5. The Kier molecular flexibility index (Phi) is 5.30. The molecular formula is C15H19NO3. The molecule has 0 unspecified atom stereocenters. The van der Waals surface area contributed by atoms with Crippen molar-refractivity contribution in [2.75, 3.05) is 11.9 Å². The summed E-state index contributed by atoms with van der Waals surface area (Å²) in [5, 5.41) is 2.73. The van der Waals surface area contributed by atoms with Crippen molar-refractivity contribution in [3.63, 3.8) is 0 Å². The Labute approximate surface area is 113 Å². The van der Waals surface area contributed by atoms with Gasteiger partial charge in [0.2, 0.25) is 5.91 Å². The second-order valence-corrected chi connectivity index (χ2v) is 4.41. The summed E-state index contributed by atoms with van der Waals surface area (Å²) in [6.07, 6.45) is 0.365. The van der Waals surface area contributed by atoms with Gasteiger partial charge in [-0.25, -0.2) is 0 Å². The number of rotatable bonds is 6. The highest BCUT2D eigenvalue weighted by Crippen LogP contribution is 2.26. The summed E-state index contributed by atoms with van der Waals surface area (Å²) in [6, 6.07) is 4.99. The van der Waals surface area contributed by atoms with Crippen LogP contribution in [0.15, 0.2) is 30.4 Å². The van der Waals surface area contributed by atoms with Crippen LogP contribution in [-0.4, -0.2) is 18.3 Å². The minimum absolute atomic E-state index is 0.0570. The molecule has 0 heterocycles. The first-order valence-electron chi connectivity index (χ1n) is 6.16. The van der Waals surface area contributed by atoms with Crippen LogP contribution in [0.25, 0.3) is 0 Å². The summed E-state index contributed by atoms with van der Waals surface area (Å²) in [5.74, 6) is 0.356. The molecule has 0 saturated carbocycles. The minimum Gasteiger partial charge on any atom is -0.487 e. The topological polar surface area (TPSA) is 55.4 Å². The van der Waals surface area contributed by atoms with Gasteiger partial charge in [-0.2, -0.15) is 0 Å². The van der Waals surface area contributed by atoms with E-state index in [4.69, 9.17) is 4.74 Å². The predicted octanol–water partition coefficient (Wildman–Crippen LogP) is 3.19. The van der Waals surface area contributed by atoms with Gasteiger partial charge in [-0.1, -0.05) is 13.5 Å². The van der Waals surface area contributed by atoms with Gasteiger partial charge in [-0.05, 0) is 37.6 Å². The number of anilines is 1. The lowest BCUT2D eigenvalue weighted by molar-refractivity contribution is -0.115. The number of amides is 1. The van der Waals surface area contributed by atoms with E-state index in [1.807, 2.05) is 6.92 Å². The molecule has 4 nitrogen and oxygen atoms in total. The molecular weight excluding hydrogens is 242 g/mol. The molecule has 4 heteroatoms. The van der Waals surface area contributed by atoms with Gasteiger partial charge in [0.05, 0.1) is 5.69 Å². The van der Waals surface area contributed by atoms with Gasteiger partial charge in [-0.3, -0.25) is 9.59 Å². The maximum Gasteiger partial charge on any atom is 0.224 e. The molecule has 0 aromatic heterocycles. The van der Waals surface area contributed by atoms with E-state index in [0.29, 0.717) is 30.0 Å². The molecule has 0 radical (unpaired) electrons. The minimum atomic E-state index is -0.124. The Bertz CT molecular complexity index is 506. The van der Waals surface area contributed by atoms with Crippen molar-refractivity contribution >= 4 is 17.4 Å². The molecule has 1 N–H and O–H groups in total. The summed E-state index contributed by atoms with van der Waals surface area (Å²) in [5.41, 5.74) is 1.93. The van der Waals surface area contributed by atoms with E-state index in [0.717, 1.165) is 5.57 Å². The molecule has 102 valence electrons. The standard InChI is InChI=1S/C15H19NO3/c1-5-15(18)16-13-8-12(11(4)17)6-7-14(13)19-9-10(2)3/h6-8H,2,5,9H2,1,3-4H3,(H,16,18). The third-order valence-corrected chi connectivity index (χ3v) is 2.46. The highest BCUT2D eigenvalue weighted by atomic mass is 16.5. The SMILES string of the molecule is C=C(C)COc1ccc(C(C)=O)cc1NC(=O)CC. The van der Waals surface area contributed by atoms with Gasteiger partial charge in [0.15, 0.2) is 5.78 Å². The second kappa shape index (κ2) is 6.73. The highest BCUT2D eigenvalue weighted by Gasteiger charge is 2.10. The van der Waals surface area contributed by atoms with Crippen molar-refractivity contribution in [3.8, 4) is 5.75 Å². The summed E-state index contributed by atoms with van der Waals surface area (Å²) in [4.78, 5) is 22.8. The maximum atomic E-state index is 11.5. The van der Waals surface area contributed by atoms with E-state index in [2.05, 4.69) is 11.9 Å². The molecule has 1 aromatic rings. The van der Waals surface area contributed by atoms with Crippen LogP contribution < -0.4 is 10.1 Å². The van der Waals surface area contributed by atoms with Crippen LogP contribution in [0.3, 0.4) is 0 Å². The first kappa shape index (κ1) is 15.0. The fourth-order valence-corrected chi connectivity index (χ4v) is 1.41. The number of ketones is 1. The van der Waals surface area contributed by atoms with Crippen LogP contribution in [-0.2, 0) is 4.79 Å². The quantitative estimate of drug-likeness (QED) is 0.632. The third-order valence-electron chi connectivity index (χ3n) is 2.46. The Morgan fingerprint density at radius 1 is 1.32 bits per heavy atom. The summed E-state index contributed by atoms with van der Waals surface area (Å²) >= 11 is 0. The molecule has 0 spiro atoms. The van der Waals surface area contributed by atoms with Crippen molar-refractivity contribution in [2.45, 2.75) is 27.2 Å². The average molecular weight is 261 g/mol. The largest absolute Gasteiger partial charge is 0.487 e. The van der Waals surface area contributed by atoms with Crippen molar-refractivity contribution in [2.24, 2.45) is 0 Å². The monoisotopic (exact) mass is 261 g/mol. The van der Waals surface area contributed by atoms with Gasteiger partial charge in [-0.15, -0.1) is 0 Å². The summed E-state index contributed by atoms with van der Waals surface area (Å²) in [7, 11) is 0. The van der Waals surface area contributed by atoms with Crippen molar-refractivity contribution in [1.82, 2.24) is 0 Å². The Balaban J connectivity index is 3.03. The number of benzene rings is 1. The van der Waals surface area contributed by atoms with E-state index < -0.39 is 0 Å². The average Bonchev–Trinajstić information content (AvgIpc) is 2.36. The van der Waals surface area contributed by atoms with Gasteiger partial charge in [0.25, 0.3) is 0 Å². The smallest absolute Gasteiger partial charge is 0.224 e. The summed E-state index contributed by atoms with van der Waals surface area (Å²) < 4.78 is 5.55. The molecule has 0 saturated heterocycles. The van der Waals surface area contributed by atoms with E-state index in [9.17, 15) is 9.59 Å². The van der Waals surface area contributed by atoms with Crippen LogP contribution in [0, 0.1) is 0 Å². The Morgan fingerprint density at radius 2 is 2.00 bits per heavy atom.